The summed E-state index contributed by atoms with van der Waals surface area (Å²) in [6.45, 7) is 3.62. The molecule has 1 aromatic rings. The normalized spacial score (nSPS) is 12.4. The molecule has 0 aliphatic carbocycles. The van der Waals surface area contributed by atoms with Crippen LogP contribution >= 0.6 is 0 Å². The molecule has 0 saturated heterocycles. The number of rotatable bonds is 6. The highest BCUT2D eigenvalue weighted by molar-refractivity contribution is 7.79. The summed E-state index contributed by atoms with van der Waals surface area (Å²) in [5, 5.41) is 0. The number of hydrogen-bond donors (Lipinski definition) is 1. The van der Waals surface area contributed by atoms with Crippen molar-refractivity contribution in [2.75, 3.05) is 19.8 Å². The molecule has 1 atom stereocenters. The maximum Gasteiger partial charge on any atom is 0.186 e. The van der Waals surface area contributed by atoms with Crippen molar-refractivity contribution in [3.63, 3.8) is 0 Å². The Bertz CT molecular complexity index is 310. The first-order valence-electron chi connectivity index (χ1n) is 4.65. The number of ether oxygens (including phenoxy) is 2. The molecule has 0 spiro atoms. The predicted octanol–water partition coefficient (Wildman–Crippen LogP) is 1.68. The van der Waals surface area contributed by atoms with Gasteiger partial charge in [0, 0.05) is 6.61 Å². The van der Waals surface area contributed by atoms with Crippen molar-refractivity contribution in [3.8, 4) is 5.75 Å². The third-order valence-corrected chi connectivity index (χ3v) is 2.40. The van der Waals surface area contributed by atoms with Gasteiger partial charge in [-0.05, 0) is 31.2 Å². The van der Waals surface area contributed by atoms with Crippen LogP contribution in [0, 0.1) is 0 Å². The molecular weight excluding hydrogens is 216 g/mol. The highest BCUT2D eigenvalue weighted by Crippen LogP contribution is 2.13. The molecule has 0 saturated carbocycles. The molecule has 1 aromatic carbocycles. The van der Waals surface area contributed by atoms with Gasteiger partial charge in [0.15, 0.2) is 11.1 Å². The molecule has 0 aliphatic heterocycles. The fourth-order valence-electron chi connectivity index (χ4n) is 1.02. The highest BCUT2D eigenvalue weighted by Gasteiger charge is 1.99. The van der Waals surface area contributed by atoms with E-state index in [9.17, 15) is 4.21 Å². The van der Waals surface area contributed by atoms with E-state index in [4.69, 9.17) is 14.0 Å². The van der Waals surface area contributed by atoms with E-state index < -0.39 is 11.1 Å². The molecule has 0 fully saturated rings. The van der Waals surface area contributed by atoms with E-state index >= 15 is 0 Å². The minimum Gasteiger partial charge on any atom is -0.491 e. The zero-order valence-electron chi connectivity index (χ0n) is 8.51. The van der Waals surface area contributed by atoms with Crippen molar-refractivity contribution in [2.45, 2.75) is 11.8 Å². The molecule has 0 aliphatic rings. The van der Waals surface area contributed by atoms with Crippen LogP contribution in [0.4, 0.5) is 0 Å². The van der Waals surface area contributed by atoms with Gasteiger partial charge in [0.25, 0.3) is 0 Å². The minimum atomic E-state index is -1.93. The Hall–Kier alpha value is -0.910. The van der Waals surface area contributed by atoms with Crippen LogP contribution in [0.5, 0.6) is 5.75 Å². The molecule has 5 heteroatoms. The van der Waals surface area contributed by atoms with Crippen LogP contribution in [-0.4, -0.2) is 28.6 Å². The average Bonchev–Trinajstić information content (AvgIpc) is 2.25. The third-order valence-electron chi connectivity index (χ3n) is 1.73. The zero-order valence-corrected chi connectivity index (χ0v) is 9.33. The van der Waals surface area contributed by atoms with Crippen LogP contribution in [0.2, 0.25) is 0 Å². The summed E-state index contributed by atoms with van der Waals surface area (Å²) in [6, 6.07) is 6.45. The van der Waals surface area contributed by atoms with Gasteiger partial charge >= 0.3 is 0 Å². The molecule has 0 radical (unpaired) electrons. The molecular formula is C10H14O4S. The van der Waals surface area contributed by atoms with Gasteiger partial charge in [-0.2, -0.15) is 0 Å². The molecule has 15 heavy (non-hydrogen) atoms. The first-order valence-corrected chi connectivity index (χ1v) is 5.76. The molecule has 1 rings (SSSR count). The molecule has 0 aromatic heterocycles. The smallest absolute Gasteiger partial charge is 0.186 e. The van der Waals surface area contributed by atoms with Gasteiger partial charge in [-0.25, -0.2) is 4.21 Å². The van der Waals surface area contributed by atoms with Crippen LogP contribution in [0.25, 0.3) is 0 Å². The van der Waals surface area contributed by atoms with Gasteiger partial charge in [-0.15, -0.1) is 0 Å². The first kappa shape index (κ1) is 12.2. The van der Waals surface area contributed by atoms with Crippen molar-refractivity contribution < 1.29 is 18.2 Å². The average molecular weight is 230 g/mol. The van der Waals surface area contributed by atoms with Gasteiger partial charge in [0.2, 0.25) is 0 Å². The zero-order chi connectivity index (χ0) is 11.1. The summed E-state index contributed by atoms with van der Waals surface area (Å²) in [5.74, 6) is 0.670. The van der Waals surface area contributed by atoms with Crippen molar-refractivity contribution in [1.82, 2.24) is 0 Å². The quantitative estimate of drug-likeness (QED) is 0.596. The Labute approximate surface area is 91.5 Å². The van der Waals surface area contributed by atoms with Crippen molar-refractivity contribution in [2.24, 2.45) is 0 Å². The predicted molar refractivity (Wildman–Crippen MR) is 57.5 cm³/mol. The Balaban J connectivity index is 2.39. The van der Waals surface area contributed by atoms with E-state index in [0.29, 0.717) is 30.5 Å². The summed E-state index contributed by atoms with van der Waals surface area (Å²) in [7, 11) is 0. The second kappa shape index (κ2) is 6.55. The SMILES string of the molecule is CCOCCOc1ccc(S(=O)O)cc1. The summed E-state index contributed by atoms with van der Waals surface area (Å²) in [4.78, 5) is 0.368. The number of benzene rings is 1. The second-order valence-corrected chi connectivity index (χ2v) is 3.74. The lowest BCUT2D eigenvalue weighted by molar-refractivity contribution is 0.110. The van der Waals surface area contributed by atoms with E-state index in [1.165, 1.54) is 0 Å². The lowest BCUT2D eigenvalue weighted by Crippen LogP contribution is -2.06. The molecule has 4 nitrogen and oxygen atoms in total. The van der Waals surface area contributed by atoms with Crippen LogP contribution in [-0.2, 0) is 15.8 Å². The first-order chi connectivity index (χ1) is 7.24. The maximum atomic E-state index is 10.7. The minimum absolute atomic E-state index is 0.368. The van der Waals surface area contributed by atoms with Gasteiger partial charge < -0.3 is 14.0 Å². The summed E-state index contributed by atoms with van der Waals surface area (Å²) >= 11 is -1.93. The summed E-state index contributed by atoms with van der Waals surface area (Å²) in [6.07, 6.45) is 0. The molecule has 1 N–H and O–H groups in total. The fraction of sp³-hybridized carbons (Fsp3) is 0.400. The molecule has 1 unspecified atom stereocenters. The van der Waals surface area contributed by atoms with Gasteiger partial charge in [-0.3, -0.25) is 0 Å². The van der Waals surface area contributed by atoms with E-state index in [0.717, 1.165) is 0 Å². The summed E-state index contributed by atoms with van der Waals surface area (Å²) < 4.78 is 29.9. The van der Waals surface area contributed by atoms with Crippen LogP contribution in [0.1, 0.15) is 6.92 Å². The van der Waals surface area contributed by atoms with E-state index in [-0.39, 0.29) is 0 Å². The Kier molecular flexibility index (Phi) is 5.31. The molecule has 0 bridgehead atoms. The van der Waals surface area contributed by atoms with Gasteiger partial charge in [-0.1, -0.05) is 0 Å². The Morgan fingerprint density at radius 1 is 1.27 bits per heavy atom. The van der Waals surface area contributed by atoms with Crippen molar-refractivity contribution in [3.05, 3.63) is 24.3 Å². The van der Waals surface area contributed by atoms with E-state index in [1.54, 1.807) is 24.3 Å². The third kappa shape index (κ3) is 4.42. The van der Waals surface area contributed by atoms with Gasteiger partial charge in [0.1, 0.15) is 12.4 Å². The Morgan fingerprint density at radius 3 is 2.47 bits per heavy atom. The van der Waals surface area contributed by atoms with Crippen molar-refractivity contribution >= 4 is 11.1 Å². The lowest BCUT2D eigenvalue weighted by Gasteiger charge is -2.06. The Morgan fingerprint density at radius 2 is 1.93 bits per heavy atom. The fourth-order valence-corrected chi connectivity index (χ4v) is 1.38. The molecule has 0 heterocycles. The van der Waals surface area contributed by atoms with Crippen LogP contribution in [0.15, 0.2) is 29.2 Å². The van der Waals surface area contributed by atoms with Crippen LogP contribution in [0.3, 0.4) is 0 Å². The molecule has 84 valence electrons. The maximum absolute atomic E-state index is 10.7. The molecule has 0 amide bonds. The van der Waals surface area contributed by atoms with E-state index in [2.05, 4.69) is 0 Å². The monoisotopic (exact) mass is 230 g/mol. The highest BCUT2D eigenvalue weighted by atomic mass is 32.2. The lowest BCUT2D eigenvalue weighted by atomic mass is 10.3. The van der Waals surface area contributed by atoms with Crippen molar-refractivity contribution in [1.29, 1.82) is 0 Å². The topological polar surface area (TPSA) is 55.8 Å². The van der Waals surface area contributed by atoms with Gasteiger partial charge in [0.05, 0.1) is 11.5 Å². The standard InChI is InChI=1S/C10H14O4S/c1-2-13-7-8-14-9-3-5-10(6-4-9)15(11)12/h3-6H,2,7-8H2,1H3,(H,11,12). The summed E-state index contributed by atoms with van der Waals surface area (Å²) in [5.41, 5.74) is 0. The largest absolute Gasteiger partial charge is 0.491 e. The van der Waals surface area contributed by atoms with Crippen LogP contribution < -0.4 is 4.74 Å². The second-order valence-electron chi connectivity index (χ2n) is 2.77. The number of hydrogen-bond acceptors (Lipinski definition) is 3. The van der Waals surface area contributed by atoms with E-state index in [1.807, 2.05) is 6.92 Å².